The molecule has 1 heterocycles. The van der Waals surface area contributed by atoms with Gasteiger partial charge in [0.2, 0.25) is 0 Å². The minimum absolute atomic E-state index is 0.0487. The quantitative estimate of drug-likeness (QED) is 0.935. The third-order valence-corrected chi connectivity index (χ3v) is 3.39. The molecule has 1 unspecified atom stereocenters. The van der Waals surface area contributed by atoms with Crippen molar-refractivity contribution >= 4 is 11.6 Å². The molecule has 19 heavy (non-hydrogen) atoms. The Balaban J connectivity index is 2.24. The van der Waals surface area contributed by atoms with Gasteiger partial charge in [-0.3, -0.25) is 9.97 Å². The Labute approximate surface area is 116 Å². The van der Waals surface area contributed by atoms with Crippen molar-refractivity contribution in [1.29, 1.82) is 0 Å². The van der Waals surface area contributed by atoms with E-state index in [0.29, 0.717) is 6.42 Å². The molecule has 0 saturated carbocycles. The molecule has 5 heteroatoms. The fourth-order valence-corrected chi connectivity index (χ4v) is 2.07. The minimum atomic E-state index is -0.399. The number of aryl methyl sites for hydroxylation is 1. The second-order valence-electron chi connectivity index (χ2n) is 4.34. The van der Waals surface area contributed by atoms with Crippen LogP contribution in [0.5, 0.6) is 0 Å². The van der Waals surface area contributed by atoms with E-state index < -0.39 is 5.82 Å². The summed E-state index contributed by atoms with van der Waals surface area (Å²) in [6.45, 7) is 1.88. The molecule has 1 atom stereocenters. The molecule has 2 rings (SSSR count). The predicted octanol–water partition coefficient (Wildman–Crippen LogP) is 3.08. The Kier molecular flexibility index (Phi) is 4.45. The lowest BCUT2D eigenvalue weighted by molar-refractivity contribution is 0.567. The van der Waals surface area contributed by atoms with Gasteiger partial charge < -0.3 is 5.32 Å². The first-order valence-electron chi connectivity index (χ1n) is 6.00. The molecular formula is C14H15ClFN3. The Hall–Kier alpha value is -1.52. The number of nitrogens with zero attached hydrogens (tertiary/aromatic N) is 2. The maximum absolute atomic E-state index is 13.4. The first-order valence-corrected chi connectivity index (χ1v) is 6.38. The van der Waals surface area contributed by atoms with Crippen LogP contribution in [0.25, 0.3) is 0 Å². The summed E-state index contributed by atoms with van der Waals surface area (Å²) in [6.07, 6.45) is 4.00. The van der Waals surface area contributed by atoms with E-state index in [1.807, 2.05) is 20.0 Å². The maximum atomic E-state index is 13.4. The molecule has 0 spiro atoms. The van der Waals surface area contributed by atoms with Gasteiger partial charge in [0.25, 0.3) is 0 Å². The van der Waals surface area contributed by atoms with Gasteiger partial charge in [-0.25, -0.2) is 4.39 Å². The molecule has 0 aliphatic rings. The van der Waals surface area contributed by atoms with Gasteiger partial charge in [-0.1, -0.05) is 23.7 Å². The number of hydrogen-bond donors (Lipinski definition) is 1. The van der Waals surface area contributed by atoms with Crippen molar-refractivity contribution in [3.05, 3.63) is 58.4 Å². The zero-order chi connectivity index (χ0) is 13.8. The van der Waals surface area contributed by atoms with Gasteiger partial charge >= 0.3 is 0 Å². The molecule has 0 saturated heterocycles. The summed E-state index contributed by atoms with van der Waals surface area (Å²) in [6, 6.07) is 4.78. The van der Waals surface area contributed by atoms with Crippen LogP contribution in [0.1, 0.15) is 23.0 Å². The van der Waals surface area contributed by atoms with E-state index in [0.717, 1.165) is 17.0 Å². The van der Waals surface area contributed by atoms with Crippen molar-refractivity contribution in [3.63, 3.8) is 0 Å². The Morgan fingerprint density at radius 1 is 1.32 bits per heavy atom. The first-order chi connectivity index (χ1) is 9.11. The topological polar surface area (TPSA) is 37.8 Å². The molecule has 1 N–H and O–H groups in total. The highest BCUT2D eigenvalue weighted by atomic mass is 35.5. The third-order valence-electron chi connectivity index (χ3n) is 2.96. The van der Waals surface area contributed by atoms with Gasteiger partial charge in [-0.05, 0) is 32.0 Å². The van der Waals surface area contributed by atoms with Crippen LogP contribution < -0.4 is 5.32 Å². The average molecular weight is 280 g/mol. The monoisotopic (exact) mass is 279 g/mol. The third kappa shape index (κ3) is 3.28. The molecule has 0 fully saturated rings. The summed E-state index contributed by atoms with van der Waals surface area (Å²) < 4.78 is 13.4. The van der Waals surface area contributed by atoms with E-state index in [9.17, 15) is 4.39 Å². The van der Waals surface area contributed by atoms with Crippen molar-refractivity contribution in [2.24, 2.45) is 0 Å². The van der Waals surface area contributed by atoms with Crippen molar-refractivity contribution in [2.75, 3.05) is 7.05 Å². The van der Waals surface area contributed by atoms with Crippen LogP contribution in [-0.4, -0.2) is 17.0 Å². The number of nitrogens with one attached hydrogen (secondary N) is 1. The average Bonchev–Trinajstić information content (AvgIpc) is 2.42. The van der Waals surface area contributed by atoms with Crippen LogP contribution in [-0.2, 0) is 6.42 Å². The number of aromatic nitrogens is 2. The number of halogens is 2. The smallest absolute Gasteiger partial charge is 0.142 e. The van der Waals surface area contributed by atoms with Crippen molar-refractivity contribution < 1.29 is 4.39 Å². The Morgan fingerprint density at radius 2 is 2.11 bits per heavy atom. The summed E-state index contributed by atoms with van der Waals surface area (Å²) in [5.74, 6) is -0.399. The first kappa shape index (κ1) is 13.9. The van der Waals surface area contributed by atoms with E-state index in [4.69, 9.17) is 11.6 Å². The van der Waals surface area contributed by atoms with E-state index >= 15 is 0 Å². The molecule has 1 aromatic heterocycles. The zero-order valence-corrected chi connectivity index (χ0v) is 11.6. The summed E-state index contributed by atoms with van der Waals surface area (Å²) in [5.41, 5.74) is 2.43. The summed E-state index contributed by atoms with van der Waals surface area (Å²) >= 11 is 5.97. The molecular weight excluding hydrogens is 265 g/mol. The maximum Gasteiger partial charge on any atom is 0.142 e. The van der Waals surface area contributed by atoms with Gasteiger partial charge in [0, 0.05) is 6.20 Å². The van der Waals surface area contributed by atoms with Crippen LogP contribution >= 0.6 is 11.6 Å². The van der Waals surface area contributed by atoms with Crippen molar-refractivity contribution in [2.45, 2.75) is 19.4 Å². The van der Waals surface area contributed by atoms with E-state index in [1.165, 1.54) is 6.07 Å². The Morgan fingerprint density at radius 3 is 2.74 bits per heavy atom. The van der Waals surface area contributed by atoms with E-state index in [-0.39, 0.29) is 11.1 Å². The Bertz CT molecular complexity index is 557. The van der Waals surface area contributed by atoms with Crippen molar-refractivity contribution in [1.82, 2.24) is 15.3 Å². The highest BCUT2D eigenvalue weighted by Gasteiger charge is 2.15. The van der Waals surface area contributed by atoms with Gasteiger partial charge in [-0.2, -0.15) is 0 Å². The van der Waals surface area contributed by atoms with Gasteiger partial charge in [-0.15, -0.1) is 0 Å². The molecule has 0 aliphatic carbocycles. The van der Waals surface area contributed by atoms with Crippen LogP contribution in [0.4, 0.5) is 4.39 Å². The largest absolute Gasteiger partial charge is 0.311 e. The van der Waals surface area contributed by atoms with Crippen LogP contribution in [0.3, 0.4) is 0 Å². The summed E-state index contributed by atoms with van der Waals surface area (Å²) in [7, 11) is 1.83. The second kappa shape index (κ2) is 6.08. The molecule has 3 nitrogen and oxygen atoms in total. The summed E-state index contributed by atoms with van der Waals surface area (Å²) in [5, 5.41) is 3.32. The van der Waals surface area contributed by atoms with E-state index in [2.05, 4.69) is 15.3 Å². The van der Waals surface area contributed by atoms with Crippen molar-refractivity contribution in [3.8, 4) is 0 Å². The molecule has 0 aliphatic heterocycles. The van der Waals surface area contributed by atoms with Crippen LogP contribution in [0.2, 0.25) is 5.02 Å². The normalized spacial score (nSPS) is 12.4. The lowest BCUT2D eigenvalue weighted by Crippen LogP contribution is -2.20. The molecule has 0 radical (unpaired) electrons. The lowest BCUT2D eigenvalue weighted by Gasteiger charge is -2.16. The number of benzene rings is 1. The molecule has 2 aromatic rings. The highest BCUT2D eigenvalue weighted by Crippen LogP contribution is 2.24. The number of hydrogen-bond acceptors (Lipinski definition) is 3. The molecule has 100 valence electrons. The molecule has 1 aromatic carbocycles. The predicted molar refractivity (Wildman–Crippen MR) is 73.7 cm³/mol. The van der Waals surface area contributed by atoms with Crippen LogP contribution in [0.15, 0.2) is 30.6 Å². The van der Waals surface area contributed by atoms with Gasteiger partial charge in [0.15, 0.2) is 0 Å². The SMILES string of the molecule is CNC(Cc1cccc(F)c1Cl)c1cnc(C)cn1. The number of likely N-dealkylation sites (N-methyl/N-ethyl adjacent to an activating group) is 1. The lowest BCUT2D eigenvalue weighted by atomic mass is 10.0. The highest BCUT2D eigenvalue weighted by molar-refractivity contribution is 6.31. The molecule has 0 amide bonds. The van der Waals surface area contributed by atoms with Crippen LogP contribution in [0, 0.1) is 12.7 Å². The fraction of sp³-hybridized carbons (Fsp3) is 0.286. The zero-order valence-electron chi connectivity index (χ0n) is 10.8. The van der Waals surface area contributed by atoms with Gasteiger partial charge in [0.1, 0.15) is 5.82 Å². The standard InChI is InChI=1S/C14H15ClFN3/c1-9-7-19-13(8-18-9)12(17-2)6-10-4-3-5-11(16)14(10)15/h3-5,7-8,12,17H,6H2,1-2H3. The van der Waals surface area contributed by atoms with Gasteiger partial charge in [0.05, 0.1) is 28.6 Å². The minimum Gasteiger partial charge on any atom is -0.311 e. The molecule has 0 bridgehead atoms. The summed E-state index contributed by atoms with van der Waals surface area (Å²) in [4.78, 5) is 8.56. The second-order valence-corrected chi connectivity index (χ2v) is 4.72. The fourth-order valence-electron chi connectivity index (χ4n) is 1.86. The number of rotatable bonds is 4. The van der Waals surface area contributed by atoms with E-state index in [1.54, 1.807) is 18.5 Å².